The van der Waals surface area contributed by atoms with Crippen LogP contribution in [0.15, 0.2) is 72.9 Å². The Bertz CT molecular complexity index is 1310. The number of fused-ring (bicyclic) bond motifs is 1. The van der Waals surface area contributed by atoms with Crippen molar-refractivity contribution in [1.29, 1.82) is 0 Å². The maximum Gasteiger partial charge on any atom is 0.323 e. The number of para-hydroxylation sites is 1. The molecule has 35 heavy (non-hydrogen) atoms. The summed E-state index contributed by atoms with van der Waals surface area (Å²) in [4.78, 5) is 17.0. The van der Waals surface area contributed by atoms with Crippen LogP contribution in [0.3, 0.4) is 0 Å². The number of aromatic nitrogens is 1. The van der Waals surface area contributed by atoms with Crippen LogP contribution >= 0.6 is 0 Å². The van der Waals surface area contributed by atoms with Gasteiger partial charge in [0.1, 0.15) is 11.5 Å². The van der Waals surface area contributed by atoms with Gasteiger partial charge in [-0.1, -0.05) is 31.5 Å². The number of rotatable bonds is 9. The highest BCUT2D eigenvalue weighted by Gasteiger charge is 2.12. The number of carbonyl (C=O) groups excluding carboxylic acids is 1. The lowest BCUT2D eigenvalue weighted by Gasteiger charge is -2.13. The van der Waals surface area contributed by atoms with Crippen LogP contribution < -0.4 is 24.8 Å². The first kappa shape index (κ1) is 23.9. The Morgan fingerprint density at radius 2 is 1.63 bits per heavy atom. The predicted octanol–water partition coefficient (Wildman–Crippen LogP) is 7.03. The summed E-state index contributed by atoms with van der Waals surface area (Å²) in [6.45, 7) is 2.15. The number of nitrogens with one attached hydrogen (secondary N) is 2. The minimum atomic E-state index is -0.288. The van der Waals surface area contributed by atoms with Gasteiger partial charge in [0.2, 0.25) is 0 Å². The molecule has 0 bridgehead atoms. The molecule has 0 fully saturated rings. The van der Waals surface area contributed by atoms with Gasteiger partial charge in [-0.25, -0.2) is 4.79 Å². The maximum atomic E-state index is 12.6. The summed E-state index contributed by atoms with van der Waals surface area (Å²) in [6, 6.07) is 20.2. The number of aryl methyl sites for hydroxylation is 1. The maximum absolute atomic E-state index is 12.6. The molecule has 0 aliphatic heterocycles. The molecule has 0 radical (unpaired) electrons. The zero-order valence-electron chi connectivity index (χ0n) is 20.1. The fourth-order valence-electron chi connectivity index (χ4n) is 3.78. The minimum absolute atomic E-state index is 0.288. The number of hydrogen-bond acceptors (Lipinski definition) is 5. The van der Waals surface area contributed by atoms with Gasteiger partial charge in [0, 0.05) is 29.0 Å². The number of anilines is 2. The van der Waals surface area contributed by atoms with Gasteiger partial charge in [-0.3, -0.25) is 4.98 Å². The fraction of sp³-hybridized carbons (Fsp3) is 0.214. The highest BCUT2D eigenvalue weighted by atomic mass is 16.5. The number of urea groups is 1. The van der Waals surface area contributed by atoms with E-state index in [9.17, 15) is 4.79 Å². The quantitative estimate of drug-likeness (QED) is 0.274. The fourth-order valence-corrected chi connectivity index (χ4v) is 3.78. The molecule has 0 saturated carbocycles. The predicted molar refractivity (Wildman–Crippen MR) is 139 cm³/mol. The number of ether oxygens (including phenoxy) is 3. The number of methoxy groups -OCH3 is 2. The lowest BCUT2D eigenvalue weighted by Crippen LogP contribution is -2.20. The topological polar surface area (TPSA) is 81.7 Å². The molecule has 0 spiro atoms. The first-order valence-corrected chi connectivity index (χ1v) is 11.6. The Hall–Kier alpha value is -4.26. The van der Waals surface area contributed by atoms with Crippen LogP contribution in [0.2, 0.25) is 0 Å². The van der Waals surface area contributed by atoms with Crippen molar-refractivity contribution in [3.8, 4) is 23.0 Å². The molecule has 3 aromatic carbocycles. The number of nitrogens with zero attached hydrogens (tertiary/aromatic N) is 1. The van der Waals surface area contributed by atoms with Crippen molar-refractivity contribution in [2.24, 2.45) is 0 Å². The third-order valence-corrected chi connectivity index (χ3v) is 5.61. The van der Waals surface area contributed by atoms with E-state index in [-0.39, 0.29) is 6.03 Å². The molecule has 4 aromatic rings. The number of hydrogen-bond donors (Lipinski definition) is 2. The summed E-state index contributed by atoms with van der Waals surface area (Å²) in [5.74, 6) is 2.47. The summed E-state index contributed by atoms with van der Waals surface area (Å²) in [7, 11) is 3.18. The number of amides is 2. The first-order chi connectivity index (χ1) is 17.1. The van der Waals surface area contributed by atoms with Gasteiger partial charge in [-0.2, -0.15) is 0 Å². The van der Waals surface area contributed by atoms with Gasteiger partial charge in [0.25, 0.3) is 0 Å². The Kier molecular flexibility index (Phi) is 7.67. The second-order valence-corrected chi connectivity index (χ2v) is 8.00. The molecule has 0 atom stereocenters. The Morgan fingerprint density at radius 1 is 0.886 bits per heavy atom. The molecule has 1 heterocycles. The van der Waals surface area contributed by atoms with Crippen LogP contribution in [0.1, 0.15) is 25.3 Å². The van der Waals surface area contributed by atoms with E-state index in [1.165, 1.54) is 0 Å². The zero-order chi connectivity index (χ0) is 24.6. The van der Waals surface area contributed by atoms with Crippen LogP contribution in [0.4, 0.5) is 16.2 Å². The van der Waals surface area contributed by atoms with Crippen molar-refractivity contribution in [3.05, 3.63) is 78.5 Å². The second kappa shape index (κ2) is 11.2. The summed E-state index contributed by atoms with van der Waals surface area (Å²) < 4.78 is 16.9. The van der Waals surface area contributed by atoms with Gasteiger partial charge in [0.05, 0.1) is 19.7 Å². The van der Waals surface area contributed by atoms with Crippen molar-refractivity contribution >= 4 is 28.3 Å². The molecule has 2 amide bonds. The lowest BCUT2D eigenvalue weighted by molar-refractivity contribution is 0.262. The highest BCUT2D eigenvalue weighted by molar-refractivity contribution is 6.00. The minimum Gasteiger partial charge on any atom is -0.493 e. The molecule has 0 aliphatic rings. The van der Waals surface area contributed by atoms with Crippen LogP contribution in [-0.2, 0) is 6.42 Å². The van der Waals surface area contributed by atoms with E-state index in [1.807, 2.05) is 36.4 Å². The summed E-state index contributed by atoms with van der Waals surface area (Å²) >= 11 is 0. The van der Waals surface area contributed by atoms with Crippen LogP contribution in [-0.4, -0.2) is 25.2 Å². The molecule has 7 nitrogen and oxygen atoms in total. The molecule has 0 saturated heterocycles. The van der Waals surface area contributed by atoms with Crippen molar-refractivity contribution < 1.29 is 19.0 Å². The lowest BCUT2D eigenvalue weighted by atomic mass is 10.1. The summed E-state index contributed by atoms with van der Waals surface area (Å²) in [5.41, 5.74) is 3.35. The highest BCUT2D eigenvalue weighted by Crippen LogP contribution is 2.37. The average Bonchev–Trinajstić information content (AvgIpc) is 2.88. The monoisotopic (exact) mass is 471 g/mol. The second-order valence-electron chi connectivity index (χ2n) is 8.00. The smallest absolute Gasteiger partial charge is 0.323 e. The molecule has 2 N–H and O–H groups in total. The van der Waals surface area contributed by atoms with E-state index >= 15 is 0 Å². The first-order valence-electron chi connectivity index (χ1n) is 11.6. The van der Waals surface area contributed by atoms with Gasteiger partial charge < -0.3 is 24.8 Å². The molecular formula is C28H29N3O4. The third kappa shape index (κ3) is 5.81. The number of pyridine rings is 1. The molecule has 4 rings (SSSR count). The van der Waals surface area contributed by atoms with Crippen molar-refractivity contribution in [1.82, 2.24) is 4.98 Å². The normalized spacial score (nSPS) is 10.6. The van der Waals surface area contributed by atoms with E-state index in [4.69, 9.17) is 14.2 Å². The standard InChI is InChI=1S/C28H29N3O4/c1-4-5-8-19-9-6-7-10-23(19)31-28(32)30-20-11-13-21(14-12-20)35-25-15-16-29-24-18-27(34-3)26(33-2)17-22(24)25/h6-7,9-18H,4-5,8H2,1-3H3,(H2,30,31,32). The number of benzene rings is 3. The van der Waals surface area contributed by atoms with Crippen LogP contribution in [0.25, 0.3) is 10.9 Å². The van der Waals surface area contributed by atoms with Crippen LogP contribution in [0, 0.1) is 0 Å². The Labute approximate surface area is 205 Å². The van der Waals surface area contributed by atoms with Gasteiger partial charge in [-0.15, -0.1) is 0 Å². The Morgan fingerprint density at radius 3 is 2.37 bits per heavy atom. The number of unbranched alkanes of at least 4 members (excludes halogenated alkanes) is 1. The van der Waals surface area contributed by atoms with E-state index in [2.05, 4.69) is 22.5 Å². The molecule has 0 unspecified atom stereocenters. The number of carbonyl (C=O) groups is 1. The zero-order valence-corrected chi connectivity index (χ0v) is 20.1. The summed E-state index contributed by atoms with van der Waals surface area (Å²) in [6.07, 6.45) is 4.80. The van der Waals surface area contributed by atoms with E-state index in [0.717, 1.165) is 41.4 Å². The molecule has 180 valence electrons. The Balaban J connectivity index is 1.45. The van der Waals surface area contributed by atoms with Crippen molar-refractivity contribution in [2.75, 3.05) is 24.9 Å². The third-order valence-electron chi connectivity index (χ3n) is 5.61. The molecule has 0 aliphatic carbocycles. The molecular weight excluding hydrogens is 442 g/mol. The summed E-state index contributed by atoms with van der Waals surface area (Å²) in [5, 5.41) is 6.63. The van der Waals surface area contributed by atoms with E-state index in [1.54, 1.807) is 50.7 Å². The molecule has 7 heteroatoms. The SMILES string of the molecule is CCCCc1ccccc1NC(=O)Nc1ccc(Oc2ccnc3cc(OC)c(OC)cc23)cc1. The van der Waals surface area contributed by atoms with Gasteiger partial charge >= 0.3 is 6.03 Å². The van der Waals surface area contributed by atoms with Crippen molar-refractivity contribution in [3.63, 3.8) is 0 Å². The van der Waals surface area contributed by atoms with E-state index < -0.39 is 0 Å². The molecule has 1 aromatic heterocycles. The largest absolute Gasteiger partial charge is 0.493 e. The van der Waals surface area contributed by atoms with Crippen LogP contribution in [0.5, 0.6) is 23.0 Å². The van der Waals surface area contributed by atoms with Crippen molar-refractivity contribution in [2.45, 2.75) is 26.2 Å². The van der Waals surface area contributed by atoms with E-state index in [0.29, 0.717) is 28.7 Å². The van der Waals surface area contributed by atoms with Gasteiger partial charge in [0.15, 0.2) is 11.5 Å². The van der Waals surface area contributed by atoms with Gasteiger partial charge in [-0.05, 0) is 60.9 Å². The average molecular weight is 472 g/mol.